The van der Waals surface area contributed by atoms with Crippen LogP contribution in [0.1, 0.15) is 35.7 Å². The van der Waals surface area contributed by atoms with E-state index in [4.69, 9.17) is 0 Å². The Kier molecular flexibility index (Phi) is 7.26. The van der Waals surface area contributed by atoms with Crippen molar-refractivity contribution in [2.45, 2.75) is 31.2 Å². The molecule has 1 aliphatic rings. The summed E-state index contributed by atoms with van der Waals surface area (Å²) in [4.78, 5) is 15.3. The lowest BCUT2D eigenvalue weighted by molar-refractivity contribution is 0.102. The van der Waals surface area contributed by atoms with Crippen molar-refractivity contribution in [2.75, 3.05) is 23.1 Å². The molecule has 1 saturated heterocycles. The maximum absolute atomic E-state index is 13.0. The Morgan fingerprint density at radius 1 is 0.919 bits per heavy atom. The highest BCUT2D eigenvalue weighted by Gasteiger charge is 2.17. The van der Waals surface area contributed by atoms with Crippen LogP contribution in [0.15, 0.2) is 95.9 Å². The van der Waals surface area contributed by atoms with E-state index in [-0.39, 0.29) is 10.8 Å². The number of anilines is 2. The number of carbonyl (C=O) groups is 1. The Morgan fingerprint density at radius 2 is 1.65 bits per heavy atom. The van der Waals surface area contributed by atoms with E-state index < -0.39 is 10.0 Å². The number of hydrogen-bond donors (Lipinski definition) is 2. The Balaban J connectivity index is 1.22. The second-order valence-electron chi connectivity index (χ2n) is 9.79. The number of fused-ring (bicyclic) bond motifs is 1. The molecule has 2 N–H and O–H groups in total. The van der Waals surface area contributed by atoms with Crippen molar-refractivity contribution in [2.24, 2.45) is 5.92 Å². The number of carbonyl (C=O) groups excluding carboxylic acids is 1. The first-order valence-electron chi connectivity index (χ1n) is 12.6. The van der Waals surface area contributed by atoms with Crippen LogP contribution in [0.3, 0.4) is 0 Å². The molecule has 5 rings (SSSR count). The van der Waals surface area contributed by atoms with Crippen LogP contribution in [0.2, 0.25) is 0 Å². The molecule has 4 aromatic carbocycles. The van der Waals surface area contributed by atoms with Crippen LogP contribution >= 0.6 is 0 Å². The van der Waals surface area contributed by atoms with Crippen molar-refractivity contribution >= 4 is 38.1 Å². The van der Waals surface area contributed by atoms with Gasteiger partial charge in [0, 0.05) is 29.7 Å². The van der Waals surface area contributed by atoms with Gasteiger partial charge in [0.05, 0.1) is 10.6 Å². The van der Waals surface area contributed by atoms with E-state index in [1.165, 1.54) is 30.5 Å². The molecule has 0 aromatic heterocycles. The number of piperidine rings is 1. The molecular formula is C30H31N3O3S. The first-order valence-corrected chi connectivity index (χ1v) is 14.1. The van der Waals surface area contributed by atoms with Gasteiger partial charge in [-0.1, -0.05) is 55.5 Å². The minimum atomic E-state index is -3.79. The molecule has 4 aromatic rings. The van der Waals surface area contributed by atoms with Crippen LogP contribution in [0.25, 0.3) is 10.8 Å². The van der Waals surface area contributed by atoms with Crippen LogP contribution in [-0.2, 0) is 16.6 Å². The lowest BCUT2D eigenvalue weighted by Gasteiger charge is -2.30. The van der Waals surface area contributed by atoms with Gasteiger partial charge in [0.15, 0.2) is 0 Å². The van der Waals surface area contributed by atoms with Crippen molar-refractivity contribution in [3.8, 4) is 0 Å². The predicted molar refractivity (Wildman–Crippen MR) is 149 cm³/mol. The van der Waals surface area contributed by atoms with Crippen LogP contribution in [0.4, 0.5) is 11.4 Å². The molecule has 190 valence electrons. The van der Waals surface area contributed by atoms with Gasteiger partial charge < -0.3 is 5.32 Å². The number of amides is 1. The zero-order valence-corrected chi connectivity index (χ0v) is 21.7. The number of nitrogens with zero attached hydrogens (tertiary/aromatic N) is 1. The third-order valence-electron chi connectivity index (χ3n) is 6.82. The number of hydrogen-bond acceptors (Lipinski definition) is 4. The minimum absolute atomic E-state index is 0.120. The second-order valence-corrected chi connectivity index (χ2v) is 11.5. The molecule has 37 heavy (non-hydrogen) atoms. The summed E-state index contributed by atoms with van der Waals surface area (Å²) in [5.41, 5.74) is 2.80. The van der Waals surface area contributed by atoms with Gasteiger partial charge in [0.1, 0.15) is 0 Å². The summed E-state index contributed by atoms with van der Waals surface area (Å²) >= 11 is 0. The molecule has 1 amide bonds. The third kappa shape index (κ3) is 6.01. The van der Waals surface area contributed by atoms with Crippen molar-refractivity contribution in [1.82, 2.24) is 4.90 Å². The molecule has 0 unspecified atom stereocenters. The highest BCUT2D eigenvalue weighted by atomic mass is 32.2. The van der Waals surface area contributed by atoms with Crippen LogP contribution in [0, 0.1) is 5.92 Å². The monoisotopic (exact) mass is 513 g/mol. The quantitative estimate of drug-likeness (QED) is 0.312. The Bertz CT molecular complexity index is 1490. The maximum atomic E-state index is 13.0. The summed E-state index contributed by atoms with van der Waals surface area (Å²) in [5.74, 6) is 0.497. The van der Waals surface area contributed by atoms with E-state index in [9.17, 15) is 13.2 Å². The normalized spacial score (nSPS) is 16.4. The fourth-order valence-corrected chi connectivity index (χ4v) is 5.97. The van der Waals surface area contributed by atoms with Gasteiger partial charge in [-0.15, -0.1) is 0 Å². The van der Waals surface area contributed by atoms with Crippen molar-refractivity contribution in [3.05, 3.63) is 102 Å². The lowest BCUT2D eigenvalue weighted by Crippen LogP contribution is -2.33. The molecule has 1 fully saturated rings. The molecule has 1 atom stereocenters. The fraction of sp³-hybridized carbons (Fsp3) is 0.233. The molecule has 1 aliphatic heterocycles. The summed E-state index contributed by atoms with van der Waals surface area (Å²) in [6.07, 6.45) is 2.53. The average molecular weight is 514 g/mol. The predicted octanol–water partition coefficient (Wildman–Crippen LogP) is 6.12. The van der Waals surface area contributed by atoms with Crippen LogP contribution < -0.4 is 10.0 Å². The van der Waals surface area contributed by atoms with Crippen molar-refractivity contribution in [1.29, 1.82) is 0 Å². The van der Waals surface area contributed by atoms with E-state index in [0.29, 0.717) is 16.9 Å². The molecule has 0 saturated carbocycles. The van der Waals surface area contributed by atoms with E-state index in [1.54, 1.807) is 18.2 Å². The summed E-state index contributed by atoms with van der Waals surface area (Å²) in [6, 6.07) is 27.0. The molecule has 6 nitrogen and oxygen atoms in total. The minimum Gasteiger partial charge on any atom is -0.322 e. The molecule has 0 spiro atoms. The molecule has 1 heterocycles. The van der Waals surface area contributed by atoms with E-state index in [1.807, 2.05) is 60.7 Å². The first kappa shape index (κ1) is 25.0. The van der Waals surface area contributed by atoms with Gasteiger partial charge in [-0.2, -0.15) is 0 Å². The zero-order valence-electron chi connectivity index (χ0n) is 20.9. The lowest BCUT2D eigenvalue weighted by atomic mass is 9.99. The van der Waals surface area contributed by atoms with E-state index in [2.05, 4.69) is 21.9 Å². The number of likely N-dealkylation sites (tertiary alicyclic amines) is 1. The Hall–Kier alpha value is -3.68. The maximum Gasteiger partial charge on any atom is 0.261 e. The third-order valence-corrected chi connectivity index (χ3v) is 8.20. The Labute approximate surface area is 218 Å². The molecule has 0 aliphatic carbocycles. The highest BCUT2D eigenvalue weighted by molar-refractivity contribution is 7.92. The SMILES string of the molecule is C[C@@H]1CCCN(Cc2ccc(C(=O)Nc3ccc(S(=O)(=O)Nc4cccc5ccccc45)cc3)cc2)C1. The van der Waals surface area contributed by atoms with Gasteiger partial charge in [-0.25, -0.2) is 8.42 Å². The molecule has 0 bridgehead atoms. The van der Waals surface area contributed by atoms with Crippen LogP contribution in [0.5, 0.6) is 0 Å². The zero-order chi connectivity index (χ0) is 25.8. The van der Waals surface area contributed by atoms with Crippen molar-refractivity contribution < 1.29 is 13.2 Å². The first-order chi connectivity index (χ1) is 17.9. The average Bonchev–Trinajstić information content (AvgIpc) is 2.89. The smallest absolute Gasteiger partial charge is 0.261 e. The van der Waals surface area contributed by atoms with E-state index >= 15 is 0 Å². The van der Waals surface area contributed by atoms with Gasteiger partial charge in [-0.05, 0) is 78.7 Å². The summed E-state index contributed by atoms with van der Waals surface area (Å²) in [5, 5.41) is 4.63. The van der Waals surface area contributed by atoms with Crippen molar-refractivity contribution in [3.63, 3.8) is 0 Å². The van der Waals surface area contributed by atoms with Gasteiger partial charge in [0.2, 0.25) is 0 Å². The fourth-order valence-electron chi connectivity index (χ4n) is 4.89. The molecule has 0 radical (unpaired) electrons. The van der Waals surface area contributed by atoms with Gasteiger partial charge in [0.25, 0.3) is 15.9 Å². The summed E-state index contributed by atoms with van der Waals surface area (Å²) in [7, 11) is -3.79. The van der Waals surface area contributed by atoms with E-state index in [0.717, 1.165) is 36.3 Å². The number of nitrogens with one attached hydrogen (secondary N) is 2. The van der Waals surface area contributed by atoms with Gasteiger partial charge in [-0.3, -0.25) is 14.4 Å². The Morgan fingerprint density at radius 3 is 2.41 bits per heavy atom. The van der Waals surface area contributed by atoms with Gasteiger partial charge >= 0.3 is 0 Å². The molecule has 7 heteroatoms. The number of benzene rings is 4. The second kappa shape index (κ2) is 10.7. The standard InChI is InChI=1S/C30H31N3O3S/c1-22-6-5-19-33(20-22)21-23-11-13-25(14-12-23)30(34)31-26-15-17-27(18-16-26)37(35,36)32-29-10-4-8-24-7-2-3-9-28(24)29/h2-4,7-18,22,32H,5-6,19-21H2,1H3,(H,31,34)/t22-/m1/s1. The largest absolute Gasteiger partial charge is 0.322 e. The summed E-state index contributed by atoms with van der Waals surface area (Å²) in [6.45, 7) is 5.43. The topological polar surface area (TPSA) is 78.5 Å². The number of rotatable bonds is 7. The number of sulfonamides is 1. The highest BCUT2D eigenvalue weighted by Crippen LogP contribution is 2.26. The summed E-state index contributed by atoms with van der Waals surface area (Å²) < 4.78 is 28.7. The molecular weight excluding hydrogens is 482 g/mol. The van der Waals surface area contributed by atoms with Crippen LogP contribution in [-0.4, -0.2) is 32.3 Å².